The van der Waals surface area contributed by atoms with Crippen LogP contribution in [-0.2, 0) is 15.9 Å². The van der Waals surface area contributed by atoms with Gasteiger partial charge in [0.25, 0.3) is 0 Å². The van der Waals surface area contributed by atoms with Gasteiger partial charge < -0.3 is 14.8 Å². The SMILES string of the molecule is CNC(CCOCCOC)Cc1sccc1Br. The van der Waals surface area contributed by atoms with Crippen LogP contribution in [0, 0.1) is 0 Å². The standard InChI is InChI=1S/C12H20BrNO2S/c1-14-10(3-5-16-7-6-15-2)9-12-11(13)4-8-17-12/h4,8,10,14H,3,5-7,9H2,1-2H3. The highest BCUT2D eigenvalue weighted by atomic mass is 79.9. The molecular weight excluding hydrogens is 302 g/mol. The summed E-state index contributed by atoms with van der Waals surface area (Å²) in [5.41, 5.74) is 0. The third-order valence-electron chi connectivity index (χ3n) is 2.57. The lowest BCUT2D eigenvalue weighted by Crippen LogP contribution is -2.29. The van der Waals surface area contributed by atoms with Crippen LogP contribution in [0.2, 0.25) is 0 Å². The van der Waals surface area contributed by atoms with Crippen molar-refractivity contribution in [3.63, 3.8) is 0 Å². The molecule has 1 unspecified atom stereocenters. The van der Waals surface area contributed by atoms with Crippen LogP contribution in [0.15, 0.2) is 15.9 Å². The number of hydrogen-bond donors (Lipinski definition) is 1. The van der Waals surface area contributed by atoms with Gasteiger partial charge in [0, 0.05) is 29.1 Å². The van der Waals surface area contributed by atoms with Crippen molar-refractivity contribution >= 4 is 27.3 Å². The third kappa shape index (κ3) is 5.97. The fourth-order valence-corrected chi connectivity index (χ4v) is 3.11. The summed E-state index contributed by atoms with van der Waals surface area (Å²) in [6, 6.07) is 2.56. The summed E-state index contributed by atoms with van der Waals surface area (Å²) in [6.45, 7) is 2.12. The highest BCUT2D eigenvalue weighted by molar-refractivity contribution is 9.10. The number of nitrogens with one attached hydrogen (secondary N) is 1. The summed E-state index contributed by atoms with van der Waals surface area (Å²) in [7, 11) is 3.69. The molecule has 1 N–H and O–H groups in total. The Balaban J connectivity index is 2.22. The van der Waals surface area contributed by atoms with Gasteiger partial charge in [-0.2, -0.15) is 0 Å². The minimum atomic E-state index is 0.465. The number of halogens is 1. The second kappa shape index (κ2) is 9.05. The van der Waals surface area contributed by atoms with Gasteiger partial charge in [0.2, 0.25) is 0 Å². The summed E-state index contributed by atoms with van der Waals surface area (Å²) in [4.78, 5) is 1.39. The number of thiophene rings is 1. The van der Waals surface area contributed by atoms with Crippen molar-refractivity contribution in [2.24, 2.45) is 0 Å². The highest BCUT2D eigenvalue weighted by Gasteiger charge is 2.10. The van der Waals surface area contributed by atoms with Gasteiger partial charge in [0.05, 0.1) is 13.2 Å². The Kier molecular flexibility index (Phi) is 8.05. The maximum atomic E-state index is 5.48. The molecule has 0 radical (unpaired) electrons. The average Bonchev–Trinajstić information content (AvgIpc) is 2.73. The topological polar surface area (TPSA) is 30.5 Å². The van der Waals surface area contributed by atoms with Crippen molar-refractivity contribution in [1.82, 2.24) is 5.32 Å². The second-order valence-electron chi connectivity index (χ2n) is 3.78. The Morgan fingerprint density at radius 2 is 2.24 bits per heavy atom. The number of ether oxygens (including phenoxy) is 2. The first kappa shape index (κ1) is 15.1. The Morgan fingerprint density at radius 1 is 1.41 bits per heavy atom. The van der Waals surface area contributed by atoms with Crippen LogP contribution in [0.5, 0.6) is 0 Å². The summed E-state index contributed by atoms with van der Waals surface area (Å²) in [5, 5.41) is 5.45. The molecule has 0 aromatic carbocycles. The van der Waals surface area contributed by atoms with E-state index in [0.717, 1.165) is 19.4 Å². The molecule has 17 heavy (non-hydrogen) atoms. The van der Waals surface area contributed by atoms with Crippen LogP contribution in [0.25, 0.3) is 0 Å². The van der Waals surface area contributed by atoms with Crippen molar-refractivity contribution < 1.29 is 9.47 Å². The van der Waals surface area contributed by atoms with Crippen molar-refractivity contribution in [3.05, 3.63) is 20.8 Å². The molecule has 5 heteroatoms. The van der Waals surface area contributed by atoms with Crippen molar-refractivity contribution in [2.45, 2.75) is 18.9 Å². The van der Waals surface area contributed by atoms with Gasteiger partial charge in [0.1, 0.15) is 0 Å². The Labute approximate surface area is 116 Å². The van der Waals surface area contributed by atoms with E-state index in [9.17, 15) is 0 Å². The van der Waals surface area contributed by atoms with E-state index in [4.69, 9.17) is 9.47 Å². The van der Waals surface area contributed by atoms with Crippen LogP contribution in [-0.4, -0.2) is 40.0 Å². The van der Waals surface area contributed by atoms with Crippen LogP contribution >= 0.6 is 27.3 Å². The molecule has 0 bridgehead atoms. The van der Waals surface area contributed by atoms with E-state index in [1.165, 1.54) is 9.35 Å². The zero-order valence-electron chi connectivity index (χ0n) is 10.4. The summed E-state index contributed by atoms with van der Waals surface area (Å²) in [6.07, 6.45) is 2.06. The molecule has 1 aromatic heterocycles. The Morgan fingerprint density at radius 3 is 2.82 bits per heavy atom. The van der Waals surface area contributed by atoms with Gasteiger partial charge >= 0.3 is 0 Å². The number of hydrogen-bond acceptors (Lipinski definition) is 4. The molecule has 0 spiro atoms. The minimum absolute atomic E-state index is 0.465. The largest absolute Gasteiger partial charge is 0.382 e. The lowest BCUT2D eigenvalue weighted by atomic mass is 10.1. The van der Waals surface area contributed by atoms with E-state index in [1.54, 1.807) is 18.4 Å². The Hall–Kier alpha value is 0.0600. The fraction of sp³-hybridized carbons (Fsp3) is 0.667. The van der Waals surface area contributed by atoms with Crippen molar-refractivity contribution in [3.8, 4) is 0 Å². The maximum Gasteiger partial charge on any atom is 0.0700 e. The number of rotatable bonds is 9. The van der Waals surface area contributed by atoms with Gasteiger partial charge in [-0.1, -0.05) is 0 Å². The maximum absolute atomic E-state index is 5.48. The van der Waals surface area contributed by atoms with E-state index < -0.39 is 0 Å². The van der Waals surface area contributed by atoms with E-state index >= 15 is 0 Å². The van der Waals surface area contributed by atoms with E-state index in [0.29, 0.717) is 19.3 Å². The molecule has 0 aliphatic rings. The summed E-state index contributed by atoms with van der Waals surface area (Å²) >= 11 is 5.35. The third-order valence-corrected chi connectivity index (χ3v) is 4.52. The van der Waals surface area contributed by atoms with Crippen LogP contribution in [0.1, 0.15) is 11.3 Å². The van der Waals surface area contributed by atoms with Gasteiger partial charge in [-0.3, -0.25) is 0 Å². The smallest absolute Gasteiger partial charge is 0.0700 e. The fourth-order valence-electron chi connectivity index (χ4n) is 1.51. The van der Waals surface area contributed by atoms with Gasteiger partial charge in [-0.15, -0.1) is 11.3 Å². The van der Waals surface area contributed by atoms with Crippen LogP contribution in [0.4, 0.5) is 0 Å². The van der Waals surface area contributed by atoms with Crippen LogP contribution in [0.3, 0.4) is 0 Å². The molecule has 0 fully saturated rings. The average molecular weight is 322 g/mol. The van der Waals surface area contributed by atoms with E-state index in [1.807, 2.05) is 7.05 Å². The first-order valence-electron chi connectivity index (χ1n) is 5.73. The van der Waals surface area contributed by atoms with Crippen molar-refractivity contribution in [1.29, 1.82) is 0 Å². The monoisotopic (exact) mass is 321 g/mol. The van der Waals surface area contributed by atoms with Gasteiger partial charge in [-0.05, 0) is 47.3 Å². The molecule has 1 atom stereocenters. The van der Waals surface area contributed by atoms with E-state index in [2.05, 4.69) is 32.7 Å². The Bertz CT molecular complexity index is 306. The molecule has 1 heterocycles. The summed E-state index contributed by atoms with van der Waals surface area (Å²) < 4.78 is 11.6. The molecule has 0 aliphatic carbocycles. The molecular formula is C12H20BrNO2S. The first-order chi connectivity index (χ1) is 8.27. The molecule has 0 aliphatic heterocycles. The normalized spacial score (nSPS) is 12.9. The number of likely N-dealkylation sites (N-methyl/N-ethyl adjacent to an activating group) is 1. The van der Waals surface area contributed by atoms with Gasteiger partial charge in [-0.25, -0.2) is 0 Å². The minimum Gasteiger partial charge on any atom is -0.382 e. The second-order valence-corrected chi connectivity index (χ2v) is 5.63. The lowest BCUT2D eigenvalue weighted by molar-refractivity contribution is 0.0661. The van der Waals surface area contributed by atoms with Crippen LogP contribution < -0.4 is 5.32 Å². The summed E-state index contributed by atoms with van der Waals surface area (Å²) in [5.74, 6) is 0. The highest BCUT2D eigenvalue weighted by Crippen LogP contribution is 2.24. The predicted octanol–water partition coefficient (Wildman–Crippen LogP) is 2.69. The van der Waals surface area contributed by atoms with Crippen molar-refractivity contribution in [2.75, 3.05) is 34.0 Å². The molecule has 1 rings (SSSR count). The zero-order valence-corrected chi connectivity index (χ0v) is 12.8. The zero-order chi connectivity index (χ0) is 12.5. The predicted molar refractivity (Wildman–Crippen MR) is 75.9 cm³/mol. The molecule has 0 saturated heterocycles. The lowest BCUT2D eigenvalue weighted by Gasteiger charge is -2.15. The quantitative estimate of drug-likeness (QED) is 0.709. The molecule has 0 amide bonds. The molecule has 0 saturated carbocycles. The molecule has 3 nitrogen and oxygen atoms in total. The first-order valence-corrected chi connectivity index (χ1v) is 7.41. The van der Waals surface area contributed by atoms with E-state index in [-0.39, 0.29) is 0 Å². The number of methoxy groups -OCH3 is 1. The molecule has 98 valence electrons. The molecule has 1 aromatic rings. The van der Waals surface area contributed by atoms with Gasteiger partial charge in [0.15, 0.2) is 0 Å².